The molecule has 0 spiro atoms. The fraction of sp³-hybridized carbons (Fsp3) is 0.333. The van der Waals surface area contributed by atoms with Gasteiger partial charge in [0, 0.05) is 11.6 Å². The van der Waals surface area contributed by atoms with Crippen LogP contribution in [0.15, 0.2) is 48.5 Å². The van der Waals surface area contributed by atoms with E-state index in [2.05, 4.69) is 4.98 Å². The molecular weight excluding hydrogens is 442 g/mol. The second-order valence-corrected chi connectivity index (χ2v) is 10.8. The van der Waals surface area contributed by atoms with E-state index in [1.807, 2.05) is 42.5 Å². The molecule has 158 valence electrons. The molecule has 0 bridgehead atoms. The second-order valence-electron chi connectivity index (χ2n) is 7.40. The van der Waals surface area contributed by atoms with E-state index in [1.54, 1.807) is 11.0 Å². The molecule has 3 aromatic rings. The predicted molar refractivity (Wildman–Crippen MR) is 121 cm³/mol. The van der Waals surface area contributed by atoms with Crippen LogP contribution in [0.1, 0.15) is 24.8 Å². The normalized spacial score (nSPS) is 17.9. The van der Waals surface area contributed by atoms with Gasteiger partial charge in [0.2, 0.25) is 15.9 Å². The van der Waals surface area contributed by atoms with Gasteiger partial charge in [-0.05, 0) is 36.6 Å². The number of halogens is 1. The van der Waals surface area contributed by atoms with Gasteiger partial charge >= 0.3 is 0 Å². The first-order chi connectivity index (χ1) is 14.3. The molecule has 30 heavy (non-hydrogen) atoms. The Bertz CT molecular complexity index is 1160. The monoisotopic (exact) mass is 463 g/mol. The highest BCUT2D eigenvalue weighted by Crippen LogP contribution is 2.33. The number of anilines is 1. The maximum absolute atomic E-state index is 13.7. The molecule has 6 nitrogen and oxygen atoms in total. The highest BCUT2D eigenvalue weighted by molar-refractivity contribution is 7.88. The number of hydrogen-bond donors (Lipinski definition) is 0. The molecule has 0 saturated carbocycles. The summed E-state index contributed by atoms with van der Waals surface area (Å²) in [4.78, 5) is 19.9. The Labute approximate surface area is 185 Å². The van der Waals surface area contributed by atoms with Crippen LogP contribution in [-0.4, -0.2) is 42.5 Å². The van der Waals surface area contributed by atoms with Crippen molar-refractivity contribution in [3.8, 4) is 0 Å². The third kappa shape index (κ3) is 4.51. The second kappa shape index (κ2) is 8.63. The van der Waals surface area contributed by atoms with Crippen LogP contribution < -0.4 is 4.90 Å². The number of fused-ring (bicyclic) bond motifs is 1. The summed E-state index contributed by atoms with van der Waals surface area (Å²) >= 11 is 7.50. The zero-order valence-electron chi connectivity index (χ0n) is 16.5. The predicted octanol–water partition coefficient (Wildman–Crippen LogP) is 4.30. The summed E-state index contributed by atoms with van der Waals surface area (Å²) in [5, 5.41) is 1.15. The lowest BCUT2D eigenvalue weighted by Gasteiger charge is -2.35. The summed E-state index contributed by atoms with van der Waals surface area (Å²) in [6.45, 7) is 0.686. The number of nitrogens with zero attached hydrogens (tertiary/aromatic N) is 3. The Morgan fingerprint density at radius 2 is 2.00 bits per heavy atom. The number of benzene rings is 2. The first kappa shape index (κ1) is 21.2. The van der Waals surface area contributed by atoms with Gasteiger partial charge in [0.25, 0.3) is 0 Å². The summed E-state index contributed by atoms with van der Waals surface area (Å²) in [6.07, 6.45) is 3.25. The quantitative estimate of drug-likeness (QED) is 0.565. The van der Waals surface area contributed by atoms with Gasteiger partial charge in [-0.15, -0.1) is 0 Å². The maximum Gasteiger partial charge on any atom is 0.247 e. The molecule has 1 aliphatic heterocycles. The molecule has 1 saturated heterocycles. The highest BCUT2D eigenvalue weighted by atomic mass is 35.5. The van der Waals surface area contributed by atoms with Crippen molar-refractivity contribution < 1.29 is 13.2 Å². The average Bonchev–Trinajstić information content (AvgIpc) is 3.14. The molecular formula is C21H22ClN3O3S2. The third-order valence-corrected chi connectivity index (χ3v) is 7.75. The van der Waals surface area contributed by atoms with Crippen LogP contribution in [0.4, 0.5) is 5.13 Å². The van der Waals surface area contributed by atoms with Crippen molar-refractivity contribution in [1.29, 1.82) is 0 Å². The van der Waals surface area contributed by atoms with E-state index >= 15 is 0 Å². The molecule has 1 unspecified atom stereocenters. The maximum atomic E-state index is 13.7. The molecule has 1 atom stereocenters. The molecule has 0 N–H and O–H groups in total. The van der Waals surface area contributed by atoms with Gasteiger partial charge in [0.1, 0.15) is 6.04 Å². The summed E-state index contributed by atoms with van der Waals surface area (Å²) in [6, 6.07) is 14.3. The lowest BCUT2D eigenvalue weighted by molar-refractivity contribution is -0.123. The molecule has 2 heterocycles. The summed E-state index contributed by atoms with van der Waals surface area (Å²) in [5.74, 6) is -0.242. The Kier molecular flexibility index (Phi) is 6.11. The van der Waals surface area contributed by atoms with Crippen molar-refractivity contribution >= 4 is 54.2 Å². The van der Waals surface area contributed by atoms with Gasteiger partial charge in [-0.3, -0.25) is 9.69 Å². The first-order valence-corrected chi connectivity index (χ1v) is 12.8. The molecule has 4 rings (SSSR count). The van der Waals surface area contributed by atoms with Gasteiger partial charge in [0.05, 0.1) is 23.0 Å². The summed E-state index contributed by atoms with van der Waals surface area (Å²) < 4.78 is 26.9. The number of piperidine rings is 1. The molecule has 9 heteroatoms. The van der Waals surface area contributed by atoms with Gasteiger partial charge in [-0.1, -0.05) is 59.7 Å². The number of aromatic nitrogens is 1. The minimum absolute atomic E-state index is 0.242. The Morgan fingerprint density at radius 3 is 2.73 bits per heavy atom. The molecule has 2 aromatic carbocycles. The van der Waals surface area contributed by atoms with Gasteiger partial charge in [-0.25, -0.2) is 13.4 Å². The molecule has 1 aromatic heterocycles. The lowest BCUT2D eigenvalue weighted by atomic mass is 10.0. The molecule has 1 fully saturated rings. The van der Waals surface area contributed by atoms with Crippen molar-refractivity contribution in [3.05, 3.63) is 59.1 Å². The number of sulfonamides is 1. The number of rotatable bonds is 5. The third-order valence-electron chi connectivity index (χ3n) is 5.18. The van der Waals surface area contributed by atoms with E-state index in [0.29, 0.717) is 29.7 Å². The number of amides is 1. The lowest BCUT2D eigenvalue weighted by Crippen LogP contribution is -2.52. The van der Waals surface area contributed by atoms with Crippen molar-refractivity contribution in [1.82, 2.24) is 9.29 Å². The van der Waals surface area contributed by atoms with Gasteiger partial charge in [0.15, 0.2) is 5.13 Å². The minimum Gasteiger partial charge on any atom is -0.282 e. The number of carbonyl (C=O) groups is 1. The van der Waals surface area contributed by atoms with Crippen molar-refractivity contribution in [2.75, 3.05) is 17.7 Å². The zero-order chi connectivity index (χ0) is 21.3. The number of hydrogen-bond acceptors (Lipinski definition) is 5. The summed E-state index contributed by atoms with van der Waals surface area (Å²) in [7, 11) is -3.49. The van der Waals surface area contributed by atoms with Crippen LogP contribution in [0.2, 0.25) is 5.02 Å². The van der Waals surface area contributed by atoms with Crippen LogP contribution in [0.5, 0.6) is 0 Å². The SMILES string of the molecule is CS(=O)(=O)N1CCCCC1C(=O)N(Cc1ccccc1)c1nc2ccc(Cl)cc2s1. The highest BCUT2D eigenvalue weighted by Gasteiger charge is 2.38. The zero-order valence-corrected chi connectivity index (χ0v) is 18.9. The summed E-state index contributed by atoms with van der Waals surface area (Å²) in [5.41, 5.74) is 1.71. The Morgan fingerprint density at radius 1 is 1.23 bits per heavy atom. The first-order valence-electron chi connectivity index (χ1n) is 9.71. The molecule has 0 radical (unpaired) electrons. The van der Waals surface area contributed by atoms with Crippen LogP contribution in [0.25, 0.3) is 10.2 Å². The smallest absolute Gasteiger partial charge is 0.247 e. The standard InChI is InChI=1S/C21H22ClN3O3S2/c1-30(27,28)25-12-6-5-9-18(25)20(26)24(14-15-7-3-2-4-8-15)21-23-17-11-10-16(22)13-19(17)29-21/h2-4,7-8,10-11,13,18H,5-6,9,12,14H2,1H3. The van der Waals surface area contributed by atoms with Crippen molar-refractivity contribution in [2.24, 2.45) is 0 Å². The molecule has 1 amide bonds. The Hall–Kier alpha value is -2.00. The van der Waals surface area contributed by atoms with E-state index in [0.717, 1.165) is 28.6 Å². The van der Waals surface area contributed by atoms with Crippen LogP contribution in [-0.2, 0) is 21.4 Å². The van der Waals surface area contributed by atoms with E-state index in [4.69, 9.17) is 11.6 Å². The topological polar surface area (TPSA) is 70.6 Å². The Balaban J connectivity index is 1.74. The van der Waals surface area contributed by atoms with Crippen molar-refractivity contribution in [2.45, 2.75) is 31.8 Å². The van der Waals surface area contributed by atoms with Crippen molar-refractivity contribution in [3.63, 3.8) is 0 Å². The van der Waals surface area contributed by atoms with E-state index in [1.165, 1.54) is 21.9 Å². The van der Waals surface area contributed by atoms with E-state index in [-0.39, 0.29) is 5.91 Å². The van der Waals surface area contributed by atoms with Crippen LogP contribution in [0, 0.1) is 0 Å². The minimum atomic E-state index is -3.49. The number of thiazole rings is 1. The number of carbonyl (C=O) groups excluding carboxylic acids is 1. The fourth-order valence-corrected chi connectivity index (χ4v) is 6.10. The average molecular weight is 464 g/mol. The molecule has 1 aliphatic rings. The largest absolute Gasteiger partial charge is 0.282 e. The fourth-order valence-electron chi connectivity index (χ4n) is 3.74. The molecule has 0 aliphatic carbocycles. The van der Waals surface area contributed by atoms with Gasteiger partial charge < -0.3 is 0 Å². The van der Waals surface area contributed by atoms with E-state index in [9.17, 15) is 13.2 Å². The van der Waals surface area contributed by atoms with Crippen LogP contribution >= 0.6 is 22.9 Å². The van der Waals surface area contributed by atoms with Crippen LogP contribution in [0.3, 0.4) is 0 Å². The van der Waals surface area contributed by atoms with E-state index < -0.39 is 16.1 Å². The van der Waals surface area contributed by atoms with Gasteiger partial charge in [-0.2, -0.15) is 4.31 Å².